The highest BCUT2D eigenvalue weighted by atomic mass is 19.1. The average molecular weight is 479 g/mol. The van der Waals surface area contributed by atoms with Gasteiger partial charge in [-0.15, -0.1) is 0 Å². The van der Waals surface area contributed by atoms with E-state index in [-0.39, 0.29) is 48.3 Å². The third-order valence-corrected chi connectivity index (χ3v) is 7.41. The van der Waals surface area contributed by atoms with Crippen molar-refractivity contribution in [1.29, 1.82) is 0 Å². The van der Waals surface area contributed by atoms with Gasteiger partial charge in [0.15, 0.2) is 0 Å². The summed E-state index contributed by atoms with van der Waals surface area (Å²) in [5, 5.41) is 0. The minimum atomic E-state index is -0.653. The van der Waals surface area contributed by atoms with Crippen LogP contribution in [0.25, 0.3) is 0 Å². The summed E-state index contributed by atoms with van der Waals surface area (Å²) in [4.78, 5) is 54.0. The summed E-state index contributed by atoms with van der Waals surface area (Å²) in [7, 11) is 0. The van der Waals surface area contributed by atoms with Gasteiger partial charge in [-0.3, -0.25) is 19.2 Å². The van der Waals surface area contributed by atoms with E-state index in [4.69, 9.17) is 4.74 Å². The molecule has 1 saturated carbocycles. The molecule has 2 saturated heterocycles. The van der Waals surface area contributed by atoms with E-state index in [2.05, 4.69) is 6.92 Å². The zero-order valence-electron chi connectivity index (χ0n) is 19.7. The van der Waals surface area contributed by atoms with Gasteiger partial charge in [0, 0.05) is 18.7 Å². The van der Waals surface area contributed by atoms with Gasteiger partial charge in [0.25, 0.3) is 0 Å². The number of nitrogens with zero attached hydrogens (tertiary/aromatic N) is 2. The van der Waals surface area contributed by atoms with Crippen molar-refractivity contribution in [1.82, 2.24) is 0 Å². The summed E-state index contributed by atoms with van der Waals surface area (Å²) < 4.78 is 18.7. The zero-order valence-corrected chi connectivity index (χ0v) is 19.7. The second-order valence-corrected chi connectivity index (χ2v) is 9.89. The first kappa shape index (κ1) is 23.2. The van der Waals surface area contributed by atoms with Gasteiger partial charge in [0.05, 0.1) is 23.4 Å². The Morgan fingerprint density at radius 2 is 1.71 bits per heavy atom. The van der Waals surface area contributed by atoms with Crippen LogP contribution in [0.4, 0.5) is 15.8 Å². The van der Waals surface area contributed by atoms with Crippen LogP contribution in [0.3, 0.4) is 0 Å². The number of amides is 3. The van der Waals surface area contributed by atoms with Crippen LogP contribution in [-0.4, -0.2) is 30.2 Å². The molecule has 1 aliphatic carbocycles. The minimum Gasteiger partial charge on any atom is -0.426 e. The summed E-state index contributed by atoms with van der Waals surface area (Å²) in [6.07, 6.45) is 2.42. The van der Waals surface area contributed by atoms with Gasteiger partial charge in [-0.25, -0.2) is 9.29 Å². The number of halogens is 1. The largest absolute Gasteiger partial charge is 0.426 e. The van der Waals surface area contributed by atoms with Crippen molar-refractivity contribution in [3.8, 4) is 5.75 Å². The number of carbonyl (C=O) groups is 4. The van der Waals surface area contributed by atoms with E-state index >= 15 is 0 Å². The van der Waals surface area contributed by atoms with E-state index in [0.29, 0.717) is 22.9 Å². The third-order valence-electron chi connectivity index (χ3n) is 7.41. The van der Waals surface area contributed by atoms with Crippen LogP contribution in [0.5, 0.6) is 5.75 Å². The van der Waals surface area contributed by atoms with Crippen molar-refractivity contribution >= 4 is 35.1 Å². The number of carbonyl (C=O) groups excluding carboxylic acids is 4. The Balaban J connectivity index is 1.27. The third kappa shape index (κ3) is 4.22. The maximum atomic E-state index is 13.2. The Hall–Kier alpha value is -3.55. The highest BCUT2D eigenvalue weighted by Crippen LogP contribution is 2.43. The number of benzene rings is 2. The van der Waals surface area contributed by atoms with Crippen LogP contribution in [0.1, 0.15) is 38.2 Å². The molecule has 2 heterocycles. The molecular formula is C27H27FN2O5. The molecule has 4 atom stereocenters. The van der Waals surface area contributed by atoms with Crippen molar-refractivity contribution in [2.24, 2.45) is 23.7 Å². The molecule has 182 valence electrons. The number of imide groups is 1. The predicted octanol–water partition coefficient (Wildman–Crippen LogP) is 4.02. The second kappa shape index (κ2) is 8.91. The molecule has 8 heteroatoms. The summed E-state index contributed by atoms with van der Waals surface area (Å²) in [5.41, 5.74) is 1.70. The molecule has 0 unspecified atom stereocenters. The second-order valence-electron chi connectivity index (χ2n) is 9.89. The van der Waals surface area contributed by atoms with Crippen LogP contribution in [0.15, 0.2) is 42.5 Å². The van der Waals surface area contributed by atoms with E-state index in [9.17, 15) is 23.6 Å². The fourth-order valence-corrected chi connectivity index (χ4v) is 5.50. The number of fused-ring (bicyclic) bond motifs is 1. The Morgan fingerprint density at radius 1 is 1.00 bits per heavy atom. The predicted molar refractivity (Wildman–Crippen MR) is 126 cm³/mol. The summed E-state index contributed by atoms with van der Waals surface area (Å²) >= 11 is 0. The molecule has 3 fully saturated rings. The quantitative estimate of drug-likeness (QED) is 0.377. The molecule has 0 aromatic heterocycles. The lowest BCUT2D eigenvalue weighted by Crippen LogP contribution is -2.31. The molecule has 2 aromatic carbocycles. The minimum absolute atomic E-state index is 0.00521. The molecule has 0 N–H and O–H groups in total. The first-order valence-corrected chi connectivity index (χ1v) is 12.0. The fourth-order valence-electron chi connectivity index (χ4n) is 5.50. The lowest BCUT2D eigenvalue weighted by Gasteiger charge is -2.25. The van der Waals surface area contributed by atoms with Gasteiger partial charge in [0.1, 0.15) is 11.6 Å². The molecule has 35 heavy (non-hydrogen) atoms. The average Bonchev–Trinajstić information content (AvgIpc) is 3.32. The van der Waals surface area contributed by atoms with Gasteiger partial charge in [-0.2, -0.15) is 0 Å². The zero-order chi connectivity index (χ0) is 24.9. The molecule has 0 spiro atoms. The topological polar surface area (TPSA) is 84.0 Å². The molecule has 0 radical (unpaired) electrons. The Kier molecular flexibility index (Phi) is 5.91. The number of ether oxygens (including phenoxy) is 1. The van der Waals surface area contributed by atoms with Crippen molar-refractivity contribution in [2.45, 2.75) is 39.5 Å². The van der Waals surface area contributed by atoms with Crippen molar-refractivity contribution in [3.63, 3.8) is 0 Å². The van der Waals surface area contributed by atoms with Crippen molar-refractivity contribution in [3.05, 3.63) is 53.8 Å². The Labute approximate surface area is 202 Å². The van der Waals surface area contributed by atoms with Crippen molar-refractivity contribution in [2.75, 3.05) is 16.3 Å². The van der Waals surface area contributed by atoms with Gasteiger partial charge in [-0.1, -0.05) is 6.92 Å². The molecular weight excluding hydrogens is 451 g/mol. The first-order chi connectivity index (χ1) is 16.7. The van der Waals surface area contributed by atoms with Crippen LogP contribution in [0, 0.1) is 36.4 Å². The standard InChI is InChI=1S/C27H27FN2O5/c1-15-3-9-21-22(11-15)26(33)30(25(21)32)23-10-8-20(12-16(23)2)35-27(34)17-13-24(31)29(14-17)19-6-4-18(28)5-7-19/h4-8,10,12,15,17,21-22H,3,9,11,13-14H2,1-2H3/t15-,17+,21+,22-/m0/s1. The fraction of sp³-hybridized carbons (Fsp3) is 0.407. The van der Waals surface area contributed by atoms with E-state index in [1.807, 2.05) is 0 Å². The van der Waals surface area contributed by atoms with Crippen LogP contribution >= 0.6 is 0 Å². The smallest absolute Gasteiger partial charge is 0.316 e. The van der Waals surface area contributed by atoms with Crippen molar-refractivity contribution < 1.29 is 28.3 Å². The molecule has 0 bridgehead atoms. The van der Waals surface area contributed by atoms with Crippen LogP contribution in [-0.2, 0) is 19.2 Å². The summed E-state index contributed by atoms with van der Waals surface area (Å²) in [5.74, 6) is -1.91. The van der Waals surface area contributed by atoms with Gasteiger partial charge in [0.2, 0.25) is 17.7 Å². The SMILES string of the molecule is Cc1cc(OC(=O)[C@@H]2CC(=O)N(c3ccc(F)cc3)C2)ccc1N1C(=O)[C@H]2C[C@@H](C)CC[C@H]2C1=O. The number of hydrogen-bond acceptors (Lipinski definition) is 5. The van der Waals surface area contributed by atoms with E-state index in [1.54, 1.807) is 25.1 Å². The normalized spacial score (nSPS) is 26.3. The highest BCUT2D eigenvalue weighted by Gasteiger charge is 2.50. The molecule has 3 aliphatic rings. The number of esters is 1. The van der Waals surface area contributed by atoms with Gasteiger partial charge >= 0.3 is 5.97 Å². The summed E-state index contributed by atoms with van der Waals surface area (Å²) in [6.45, 7) is 4.04. The van der Waals surface area contributed by atoms with Gasteiger partial charge in [-0.05, 0) is 80.1 Å². The number of anilines is 2. The van der Waals surface area contributed by atoms with E-state index in [0.717, 1.165) is 19.3 Å². The molecule has 5 rings (SSSR count). The number of hydrogen-bond donors (Lipinski definition) is 0. The monoisotopic (exact) mass is 478 g/mol. The molecule has 2 aliphatic heterocycles. The lowest BCUT2D eigenvalue weighted by atomic mass is 9.76. The number of aryl methyl sites for hydroxylation is 1. The van der Waals surface area contributed by atoms with Crippen LogP contribution < -0.4 is 14.5 Å². The maximum Gasteiger partial charge on any atom is 0.316 e. The molecule has 7 nitrogen and oxygen atoms in total. The van der Waals surface area contributed by atoms with E-state index in [1.165, 1.54) is 34.1 Å². The van der Waals surface area contributed by atoms with Gasteiger partial charge < -0.3 is 9.64 Å². The highest BCUT2D eigenvalue weighted by molar-refractivity contribution is 6.22. The van der Waals surface area contributed by atoms with E-state index < -0.39 is 17.7 Å². The summed E-state index contributed by atoms with van der Waals surface area (Å²) in [6, 6.07) is 10.4. The lowest BCUT2D eigenvalue weighted by molar-refractivity contribution is -0.139. The molecule has 2 aromatic rings. The Morgan fingerprint density at radius 3 is 2.43 bits per heavy atom. The maximum absolute atomic E-state index is 13.2. The first-order valence-electron chi connectivity index (χ1n) is 12.0. The van der Waals surface area contributed by atoms with Crippen LogP contribution in [0.2, 0.25) is 0 Å². The molecule has 3 amide bonds. The Bertz CT molecular complexity index is 1210. The number of rotatable bonds is 4.